The van der Waals surface area contributed by atoms with Crippen molar-refractivity contribution in [2.45, 2.75) is 39.3 Å². The lowest BCUT2D eigenvalue weighted by atomic mass is 10.1. The quantitative estimate of drug-likeness (QED) is 0.458. The van der Waals surface area contributed by atoms with Gasteiger partial charge in [0.05, 0.1) is 11.9 Å². The fourth-order valence-corrected chi connectivity index (χ4v) is 4.36. The van der Waals surface area contributed by atoms with Crippen LogP contribution in [-0.4, -0.2) is 50.5 Å². The second kappa shape index (κ2) is 12.3. The topological polar surface area (TPSA) is 86.8 Å². The molecular weight excluding hydrogens is 485 g/mol. The number of sulfonamides is 1. The fourth-order valence-electron chi connectivity index (χ4n) is 3.17. The zero-order chi connectivity index (χ0) is 24.6. The average Bonchev–Trinajstić information content (AvgIpc) is 2.75. The van der Waals surface area contributed by atoms with Gasteiger partial charge in [0.1, 0.15) is 12.6 Å². The van der Waals surface area contributed by atoms with E-state index >= 15 is 0 Å². The van der Waals surface area contributed by atoms with Crippen molar-refractivity contribution in [1.82, 2.24) is 10.2 Å². The standard InChI is InChI=1S/C23H29Cl2N3O4S/c1-4-5-13-26-23(30)17(2)27(15-18-7-6-8-20(25)14-18)22(29)16-28(33(3,31)32)21-11-9-19(24)10-12-21/h6-12,14,17H,4-5,13,15-16H2,1-3H3,(H,26,30). The molecule has 180 valence electrons. The lowest BCUT2D eigenvalue weighted by Crippen LogP contribution is -2.51. The first-order chi connectivity index (χ1) is 15.5. The number of anilines is 1. The molecule has 0 spiro atoms. The Morgan fingerprint density at radius 2 is 1.73 bits per heavy atom. The Balaban J connectivity index is 2.33. The van der Waals surface area contributed by atoms with Gasteiger partial charge in [0.25, 0.3) is 0 Å². The van der Waals surface area contributed by atoms with Crippen LogP contribution in [0.25, 0.3) is 0 Å². The summed E-state index contributed by atoms with van der Waals surface area (Å²) < 4.78 is 26.0. The molecule has 1 N–H and O–H groups in total. The second-order valence-corrected chi connectivity index (χ2v) is 10.5. The molecule has 10 heteroatoms. The summed E-state index contributed by atoms with van der Waals surface area (Å²) in [7, 11) is -3.78. The minimum Gasteiger partial charge on any atom is -0.354 e. The van der Waals surface area contributed by atoms with Gasteiger partial charge in [-0.05, 0) is 55.3 Å². The maximum atomic E-state index is 13.4. The maximum absolute atomic E-state index is 13.4. The van der Waals surface area contributed by atoms with Gasteiger partial charge in [-0.2, -0.15) is 0 Å². The first-order valence-corrected chi connectivity index (χ1v) is 13.2. The first-order valence-electron chi connectivity index (χ1n) is 10.6. The average molecular weight is 514 g/mol. The monoisotopic (exact) mass is 513 g/mol. The maximum Gasteiger partial charge on any atom is 0.244 e. The number of rotatable bonds is 11. The van der Waals surface area contributed by atoms with Gasteiger partial charge in [0.15, 0.2) is 0 Å². The van der Waals surface area contributed by atoms with E-state index in [2.05, 4.69) is 5.32 Å². The van der Waals surface area contributed by atoms with Crippen LogP contribution in [0.2, 0.25) is 10.0 Å². The third-order valence-electron chi connectivity index (χ3n) is 5.03. The van der Waals surface area contributed by atoms with Crippen molar-refractivity contribution in [2.75, 3.05) is 23.7 Å². The smallest absolute Gasteiger partial charge is 0.244 e. The van der Waals surface area contributed by atoms with E-state index in [1.165, 1.54) is 17.0 Å². The van der Waals surface area contributed by atoms with Gasteiger partial charge in [-0.15, -0.1) is 0 Å². The molecule has 0 bridgehead atoms. The minimum absolute atomic E-state index is 0.0972. The molecule has 0 saturated heterocycles. The van der Waals surface area contributed by atoms with E-state index in [-0.39, 0.29) is 12.5 Å². The predicted molar refractivity (Wildman–Crippen MR) is 133 cm³/mol. The summed E-state index contributed by atoms with van der Waals surface area (Å²) in [5.74, 6) is -0.829. The lowest BCUT2D eigenvalue weighted by molar-refractivity contribution is -0.139. The number of carbonyl (C=O) groups excluding carboxylic acids is 2. The molecule has 33 heavy (non-hydrogen) atoms. The molecule has 0 aliphatic rings. The van der Waals surface area contributed by atoms with Gasteiger partial charge in [0, 0.05) is 23.1 Å². The molecule has 2 amide bonds. The molecule has 0 heterocycles. The second-order valence-electron chi connectivity index (χ2n) is 7.72. The third-order valence-corrected chi connectivity index (χ3v) is 6.66. The van der Waals surface area contributed by atoms with Crippen LogP contribution in [0.15, 0.2) is 48.5 Å². The van der Waals surface area contributed by atoms with Crippen LogP contribution in [0.3, 0.4) is 0 Å². The van der Waals surface area contributed by atoms with E-state index in [1.807, 2.05) is 6.92 Å². The van der Waals surface area contributed by atoms with Crippen molar-refractivity contribution < 1.29 is 18.0 Å². The van der Waals surface area contributed by atoms with Crippen molar-refractivity contribution in [2.24, 2.45) is 0 Å². The Morgan fingerprint density at radius 3 is 2.30 bits per heavy atom. The highest BCUT2D eigenvalue weighted by Crippen LogP contribution is 2.22. The van der Waals surface area contributed by atoms with Crippen molar-refractivity contribution in [3.05, 3.63) is 64.1 Å². The summed E-state index contributed by atoms with van der Waals surface area (Å²) in [5, 5.41) is 3.77. The summed E-state index contributed by atoms with van der Waals surface area (Å²) >= 11 is 12.0. The number of hydrogen-bond donors (Lipinski definition) is 1. The molecule has 0 saturated carbocycles. The molecular formula is C23H29Cl2N3O4S. The number of hydrogen-bond acceptors (Lipinski definition) is 4. The van der Waals surface area contributed by atoms with Crippen LogP contribution in [0.5, 0.6) is 0 Å². The van der Waals surface area contributed by atoms with Crippen LogP contribution >= 0.6 is 23.2 Å². The van der Waals surface area contributed by atoms with Crippen molar-refractivity contribution >= 4 is 50.7 Å². The lowest BCUT2D eigenvalue weighted by Gasteiger charge is -2.31. The number of nitrogens with zero attached hydrogens (tertiary/aromatic N) is 2. The van der Waals surface area contributed by atoms with Crippen molar-refractivity contribution in [3.8, 4) is 0 Å². The molecule has 2 aromatic rings. The molecule has 0 aliphatic carbocycles. The first kappa shape index (κ1) is 27.0. The van der Waals surface area contributed by atoms with Gasteiger partial charge in [0.2, 0.25) is 21.8 Å². The highest BCUT2D eigenvalue weighted by molar-refractivity contribution is 7.92. The van der Waals surface area contributed by atoms with Crippen LogP contribution in [0, 0.1) is 0 Å². The number of amides is 2. The van der Waals surface area contributed by atoms with E-state index < -0.39 is 28.5 Å². The Hall–Kier alpha value is -2.29. The molecule has 1 unspecified atom stereocenters. The SMILES string of the molecule is CCCCNC(=O)C(C)N(Cc1cccc(Cl)c1)C(=O)CN(c1ccc(Cl)cc1)S(C)(=O)=O. The van der Waals surface area contributed by atoms with Crippen LogP contribution < -0.4 is 9.62 Å². The number of benzene rings is 2. The Bertz CT molecular complexity index is 1060. The van der Waals surface area contributed by atoms with E-state index in [9.17, 15) is 18.0 Å². The zero-order valence-electron chi connectivity index (χ0n) is 18.9. The highest BCUT2D eigenvalue weighted by atomic mass is 35.5. The Kier molecular flexibility index (Phi) is 10.0. The summed E-state index contributed by atoms with van der Waals surface area (Å²) in [5.41, 5.74) is 1.03. The van der Waals surface area contributed by atoms with Gasteiger partial charge in [-0.1, -0.05) is 48.7 Å². The summed E-state index contributed by atoms with van der Waals surface area (Å²) in [6.07, 6.45) is 2.76. The zero-order valence-corrected chi connectivity index (χ0v) is 21.3. The highest BCUT2D eigenvalue weighted by Gasteiger charge is 2.30. The third kappa shape index (κ3) is 8.21. The number of halogens is 2. The van der Waals surface area contributed by atoms with Gasteiger partial charge in [-0.3, -0.25) is 13.9 Å². The minimum atomic E-state index is -3.78. The molecule has 7 nitrogen and oxygen atoms in total. The van der Waals surface area contributed by atoms with Crippen molar-refractivity contribution in [3.63, 3.8) is 0 Å². The molecule has 1 atom stereocenters. The Labute approximate surface area is 205 Å². The van der Waals surface area contributed by atoms with Gasteiger partial charge >= 0.3 is 0 Å². The molecule has 0 aromatic heterocycles. The largest absolute Gasteiger partial charge is 0.354 e. The number of nitrogens with one attached hydrogen (secondary N) is 1. The van der Waals surface area contributed by atoms with Crippen LogP contribution in [-0.2, 0) is 26.2 Å². The molecule has 0 fully saturated rings. The predicted octanol–water partition coefficient (Wildman–Crippen LogP) is 4.09. The molecule has 2 rings (SSSR count). The number of unbranched alkanes of at least 4 members (excludes halogenated alkanes) is 1. The van der Waals surface area contributed by atoms with E-state index in [0.717, 1.165) is 29.0 Å². The van der Waals surface area contributed by atoms with Crippen LogP contribution in [0.1, 0.15) is 32.3 Å². The van der Waals surface area contributed by atoms with Gasteiger partial charge < -0.3 is 10.2 Å². The van der Waals surface area contributed by atoms with Crippen molar-refractivity contribution in [1.29, 1.82) is 0 Å². The Morgan fingerprint density at radius 1 is 1.06 bits per heavy atom. The summed E-state index contributed by atoms with van der Waals surface area (Å²) in [4.78, 5) is 27.5. The fraction of sp³-hybridized carbons (Fsp3) is 0.391. The molecule has 0 aliphatic heterocycles. The summed E-state index contributed by atoms with van der Waals surface area (Å²) in [6.45, 7) is 3.77. The van der Waals surface area contributed by atoms with Gasteiger partial charge in [-0.25, -0.2) is 8.42 Å². The molecule has 0 radical (unpaired) electrons. The van der Waals surface area contributed by atoms with Crippen LogP contribution in [0.4, 0.5) is 5.69 Å². The summed E-state index contributed by atoms with van der Waals surface area (Å²) in [6, 6.07) is 12.3. The van der Waals surface area contributed by atoms with E-state index in [0.29, 0.717) is 22.3 Å². The molecule has 2 aromatic carbocycles. The number of carbonyl (C=O) groups is 2. The normalized spacial score (nSPS) is 12.2. The van der Waals surface area contributed by atoms with E-state index in [1.54, 1.807) is 43.3 Å². The van der Waals surface area contributed by atoms with E-state index in [4.69, 9.17) is 23.2 Å².